The number of rotatable bonds is 3. The average Bonchev–Trinajstić information content (AvgIpc) is 1.85. The van der Waals surface area contributed by atoms with Crippen LogP contribution >= 0.6 is 12.4 Å². The molecule has 0 aromatic carbocycles. The van der Waals surface area contributed by atoms with Gasteiger partial charge in [0, 0.05) is 11.6 Å². The molecule has 0 spiro atoms. The fourth-order valence-electron chi connectivity index (χ4n) is 0.374. The van der Waals surface area contributed by atoms with Crippen molar-refractivity contribution in [2.24, 2.45) is 5.73 Å². The molecule has 0 fully saturated rings. The number of carbonyl (C=O) groups excluding carboxylic acids is 1. The Hall–Kier alpha value is -0.540. The van der Waals surface area contributed by atoms with Gasteiger partial charge in [0.25, 0.3) is 0 Å². The zero-order valence-corrected chi connectivity index (χ0v) is 8.48. The number of ether oxygens (including phenoxy) is 1. The molecule has 0 aromatic heterocycles. The van der Waals surface area contributed by atoms with Gasteiger partial charge >= 0.3 is 5.97 Å². The summed E-state index contributed by atoms with van der Waals surface area (Å²) in [6, 6.07) is 0. The van der Waals surface area contributed by atoms with Crippen LogP contribution in [0.2, 0.25) is 0 Å². The summed E-state index contributed by atoms with van der Waals surface area (Å²) in [5.41, 5.74) is 5.17. The maximum absolute atomic E-state index is 10.7. The number of esters is 1. The van der Waals surface area contributed by atoms with Crippen LogP contribution in [-0.2, 0) is 9.53 Å². The molecule has 0 rings (SSSR count). The first-order valence-corrected chi connectivity index (χ1v) is 3.50. The summed E-state index contributed by atoms with van der Waals surface area (Å²) in [6.45, 7) is 8.63. The number of carbonyl (C=O) groups is 1. The molecule has 1 unspecified atom stereocenters. The highest BCUT2D eigenvalue weighted by Crippen LogP contribution is 2.08. The zero-order chi connectivity index (χ0) is 9.07. The lowest BCUT2D eigenvalue weighted by Crippen LogP contribution is -2.45. The molecule has 4 heteroatoms. The molecule has 3 nitrogen and oxygen atoms in total. The van der Waals surface area contributed by atoms with Gasteiger partial charge in [-0.15, -0.1) is 12.4 Å². The van der Waals surface area contributed by atoms with E-state index in [4.69, 9.17) is 10.5 Å². The van der Waals surface area contributed by atoms with Crippen LogP contribution in [0.15, 0.2) is 12.7 Å². The normalized spacial score (nSPS) is 12.7. The van der Waals surface area contributed by atoms with Crippen molar-refractivity contribution < 1.29 is 9.53 Å². The SMILES string of the molecule is C=CC(=O)OC(C)C(C)(C)N.Cl. The van der Waals surface area contributed by atoms with Crippen molar-refractivity contribution in [3.05, 3.63) is 12.7 Å². The van der Waals surface area contributed by atoms with E-state index in [9.17, 15) is 4.79 Å². The van der Waals surface area contributed by atoms with Gasteiger partial charge in [-0.3, -0.25) is 0 Å². The molecule has 0 radical (unpaired) electrons. The lowest BCUT2D eigenvalue weighted by molar-refractivity contribution is -0.144. The third kappa shape index (κ3) is 5.16. The van der Waals surface area contributed by atoms with Crippen LogP contribution in [0, 0.1) is 0 Å². The second kappa shape index (κ2) is 5.17. The molecule has 0 bridgehead atoms. The van der Waals surface area contributed by atoms with Crippen molar-refractivity contribution in [3.8, 4) is 0 Å². The molecule has 1 atom stereocenters. The molecule has 0 saturated heterocycles. The van der Waals surface area contributed by atoms with Crippen LogP contribution in [0.25, 0.3) is 0 Å². The van der Waals surface area contributed by atoms with Crippen molar-refractivity contribution >= 4 is 18.4 Å². The van der Waals surface area contributed by atoms with Gasteiger partial charge in [-0.25, -0.2) is 4.79 Å². The predicted molar refractivity (Wildman–Crippen MR) is 51.3 cm³/mol. The lowest BCUT2D eigenvalue weighted by Gasteiger charge is -2.26. The Morgan fingerprint density at radius 3 is 2.33 bits per heavy atom. The van der Waals surface area contributed by atoms with Crippen LogP contribution in [0.5, 0.6) is 0 Å². The first kappa shape index (κ1) is 14.0. The van der Waals surface area contributed by atoms with Crippen LogP contribution in [0.1, 0.15) is 20.8 Å². The summed E-state index contributed by atoms with van der Waals surface area (Å²) in [6.07, 6.45) is 0.829. The van der Waals surface area contributed by atoms with Crippen molar-refractivity contribution in [2.75, 3.05) is 0 Å². The summed E-state index contributed by atoms with van der Waals surface area (Å²) >= 11 is 0. The minimum absolute atomic E-state index is 0. The second-order valence-corrected chi connectivity index (χ2v) is 3.10. The Bertz CT molecular complexity index is 163. The van der Waals surface area contributed by atoms with E-state index in [1.165, 1.54) is 0 Å². The summed E-state index contributed by atoms with van der Waals surface area (Å²) in [5.74, 6) is -0.434. The molecule has 72 valence electrons. The van der Waals surface area contributed by atoms with Gasteiger partial charge in [0.05, 0.1) is 0 Å². The van der Waals surface area contributed by atoms with Gasteiger partial charge in [0.15, 0.2) is 0 Å². The average molecular weight is 194 g/mol. The molecule has 0 aromatic rings. The molecule has 0 aliphatic rings. The van der Waals surface area contributed by atoms with Crippen molar-refractivity contribution in [1.82, 2.24) is 0 Å². The minimum atomic E-state index is -0.501. The van der Waals surface area contributed by atoms with E-state index < -0.39 is 11.5 Å². The standard InChI is InChI=1S/C8H15NO2.ClH/c1-5-7(10)11-6(2)8(3,4)9;/h5-6H,1,9H2,2-4H3;1H. The number of hydrogen-bond donors (Lipinski definition) is 1. The van der Waals surface area contributed by atoms with Gasteiger partial charge in [0.1, 0.15) is 6.10 Å². The van der Waals surface area contributed by atoms with Gasteiger partial charge in [-0.05, 0) is 20.8 Å². The molecule has 0 amide bonds. The predicted octanol–water partition coefficient (Wildman–Crippen LogP) is 1.26. The van der Waals surface area contributed by atoms with Gasteiger partial charge in [-0.1, -0.05) is 6.58 Å². The number of hydrogen-bond acceptors (Lipinski definition) is 3. The highest BCUT2D eigenvalue weighted by atomic mass is 35.5. The summed E-state index contributed by atoms with van der Waals surface area (Å²) in [7, 11) is 0. The van der Waals surface area contributed by atoms with Gasteiger partial charge < -0.3 is 10.5 Å². The first-order chi connectivity index (χ1) is 4.88. The van der Waals surface area contributed by atoms with E-state index in [0.717, 1.165) is 6.08 Å². The smallest absolute Gasteiger partial charge is 0.330 e. The molecule has 12 heavy (non-hydrogen) atoms. The van der Waals surface area contributed by atoms with E-state index in [1.807, 2.05) is 0 Å². The molecule has 0 aliphatic heterocycles. The minimum Gasteiger partial charge on any atom is -0.458 e. The summed E-state index contributed by atoms with van der Waals surface area (Å²) in [5, 5.41) is 0. The molecule has 0 saturated carbocycles. The van der Waals surface area contributed by atoms with E-state index >= 15 is 0 Å². The number of halogens is 1. The van der Waals surface area contributed by atoms with Crippen molar-refractivity contribution in [3.63, 3.8) is 0 Å². The van der Waals surface area contributed by atoms with Crippen LogP contribution in [0.3, 0.4) is 0 Å². The van der Waals surface area contributed by atoms with E-state index in [1.54, 1.807) is 20.8 Å². The molecule has 0 aliphatic carbocycles. The third-order valence-electron chi connectivity index (χ3n) is 1.51. The Morgan fingerprint density at radius 2 is 2.08 bits per heavy atom. The van der Waals surface area contributed by atoms with Crippen molar-refractivity contribution in [1.29, 1.82) is 0 Å². The molecule has 0 heterocycles. The maximum atomic E-state index is 10.7. The molecule has 2 N–H and O–H groups in total. The van der Waals surface area contributed by atoms with Crippen LogP contribution in [0.4, 0.5) is 0 Å². The third-order valence-corrected chi connectivity index (χ3v) is 1.51. The molecular weight excluding hydrogens is 178 g/mol. The summed E-state index contributed by atoms with van der Waals surface area (Å²) in [4.78, 5) is 10.7. The maximum Gasteiger partial charge on any atom is 0.330 e. The quantitative estimate of drug-likeness (QED) is 0.543. The van der Waals surface area contributed by atoms with Gasteiger partial charge in [0.2, 0.25) is 0 Å². The Morgan fingerprint density at radius 1 is 1.67 bits per heavy atom. The van der Waals surface area contributed by atoms with Crippen molar-refractivity contribution in [2.45, 2.75) is 32.4 Å². The van der Waals surface area contributed by atoms with Crippen LogP contribution < -0.4 is 5.73 Å². The fourth-order valence-corrected chi connectivity index (χ4v) is 0.374. The number of nitrogens with two attached hydrogens (primary N) is 1. The Labute approximate surface area is 79.4 Å². The van der Waals surface area contributed by atoms with E-state index in [2.05, 4.69) is 6.58 Å². The second-order valence-electron chi connectivity index (χ2n) is 3.10. The zero-order valence-electron chi connectivity index (χ0n) is 7.66. The van der Waals surface area contributed by atoms with Gasteiger partial charge in [-0.2, -0.15) is 0 Å². The highest BCUT2D eigenvalue weighted by molar-refractivity contribution is 5.85. The summed E-state index contributed by atoms with van der Waals surface area (Å²) < 4.78 is 4.88. The van der Waals surface area contributed by atoms with E-state index in [0.29, 0.717) is 0 Å². The molecular formula is C8H16ClNO2. The first-order valence-electron chi connectivity index (χ1n) is 3.50. The van der Waals surface area contributed by atoms with E-state index in [-0.39, 0.29) is 18.5 Å². The largest absolute Gasteiger partial charge is 0.458 e. The lowest BCUT2D eigenvalue weighted by atomic mass is 10.0. The Balaban J connectivity index is 0. The van der Waals surface area contributed by atoms with Crippen LogP contribution in [-0.4, -0.2) is 17.6 Å². The monoisotopic (exact) mass is 193 g/mol. The Kier molecular flexibility index (Phi) is 6.03. The fraction of sp³-hybridized carbons (Fsp3) is 0.625. The highest BCUT2D eigenvalue weighted by Gasteiger charge is 2.23. The topological polar surface area (TPSA) is 52.3 Å².